The fraction of sp³-hybridized carbons (Fsp3) is 0.667. The molecule has 0 radical (unpaired) electrons. The molecule has 0 saturated carbocycles. The second kappa shape index (κ2) is 5.30. The summed E-state index contributed by atoms with van der Waals surface area (Å²) in [5, 5.41) is 17.0. The molecule has 1 aromatic heterocycles. The molecular weight excluding hydrogens is 214 g/mol. The number of nitriles is 1. The van der Waals surface area contributed by atoms with E-state index in [0.29, 0.717) is 0 Å². The van der Waals surface area contributed by atoms with Gasteiger partial charge >= 0.3 is 0 Å². The molecule has 2 heterocycles. The van der Waals surface area contributed by atoms with E-state index in [1.54, 1.807) is 0 Å². The first-order chi connectivity index (χ1) is 8.24. The maximum absolute atomic E-state index is 9.41. The molecule has 92 valence electrons. The van der Waals surface area contributed by atoms with Gasteiger partial charge in [0, 0.05) is 37.9 Å². The Labute approximate surface area is 102 Å². The predicted molar refractivity (Wildman–Crippen MR) is 65.4 cm³/mol. The van der Waals surface area contributed by atoms with Crippen LogP contribution in [0, 0.1) is 18.3 Å². The van der Waals surface area contributed by atoms with E-state index in [4.69, 9.17) is 0 Å². The van der Waals surface area contributed by atoms with Gasteiger partial charge < -0.3 is 5.32 Å². The number of nitrogens with zero attached hydrogens (tertiary/aromatic N) is 4. The zero-order valence-corrected chi connectivity index (χ0v) is 10.5. The van der Waals surface area contributed by atoms with Crippen molar-refractivity contribution in [3.05, 3.63) is 17.5 Å². The summed E-state index contributed by atoms with van der Waals surface area (Å²) in [5.74, 6) is 0. The Morgan fingerprint density at radius 2 is 2.29 bits per heavy atom. The Bertz CT molecular complexity index is 409. The molecule has 0 aliphatic carbocycles. The summed E-state index contributed by atoms with van der Waals surface area (Å²) in [6.07, 6.45) is 2.92. The zero-order chi connectivity index (χ0) is 12.3. The molecule has 2 rings (SSSR count). The highest BCUT2D eigenvalue weighted by molar-refractivity contribution is 5.26. The van der Waals surface area contributed by atoms with Crippen molar-refractivity contribution >= 4 is 0 Å². The second-order valence-electron chi connectivity index (χ2n) is 4.48. The van der Waals surface area contributed by atoms with Crippen LogP contribution in [0.5, 0.6) is 0 Å². The molecule has 1 fully saturated rings. The van der Waals surface area contributed by atoms with Crippen LogP contribution in [0.25, 0.3) is 0 Å². The normalized spacial score (nSPS) is 19.6. The standard InChI is InChI=1S/C12H19N5/c1-10-11(9-15-16(10)2)12(8-13)17-6-3-4-14-5-7-17/h9,12,14H,3-7H2,1-2H3. The molecule has 5 nitrogen and oxygen atoms in total. The quantitative estimate of drug-likeness (QED) is 0.812. The lowest BCUT2D eigenvalue weighted by molar-refractivity contribution is 0.252. The molecular formula is C12H19N5. The van der Waals surface area contributed by atoms with Crippen molar-refractivity contribution in [2.45, 2.75) is 19.4 Å². The second-order valence-corrected chi connectivity index (χ2v) is 4.48. The lowest BCUT2D eigenvalue weighted by Gasteiger charge is -2.24. The van der Waals surface area contributed by atoms with Gasteiger partial charge in [-0.25, -0.2) is 0 Å². The Balaban J connectivity index is 2.21. The highest BCUT2D eigenvalue weighted by Gasteiger charge is 2.24. The minimum Gasteiger partial charge on any atom is -0.315 e. The van der Waals surface area contributed by atoms with Crippen molar-refractivity contribution < 1.29 is 0 Å². The van der Waals surface area contributed by atoms with Crippen molar-refractivity contribution in [2.75, 3.05) is 26.2 Å². The summed E-state index contributed by atoms with van der Waals surface area (Å²) in [7, 11) is 1.91. The maximum Gasteiger partial charge on any atom is 0.127 e. The third kappa shape index (κ3) is 2.48. The van der Waals surface area contributed by atoms with Gasteiger partial charge in [-0.1, -0.05) is 0 Å². The third-order valence-electron chi connectivity index (χ3n) is 3.43. The van der Waals surface area contributed by atoms with Gasteiger partial charge in [-0.05, 0) is 19.9 Å². The van der Waals surface area contributed by atoms with Crippen LogP contribution in [0.1, 0.15) is 23.7 Å². The Morgan fingerprint density at radius 3 is 2.94 bits per heavy atom. The predicted octanol–water partition coefficient (Wildman–Crippen LogP) is 0.588. The van der Waals surface area contributed by atoms with E-state index in [2.05, 4.69) is 21.4 Å². The molecule has 0 bridgehead atoms. The summed E-state index contributed by atoms with van der Waals surface area (Å²) in [6.45, 7) is 5.91. The molecule has 1 aromatic rings. The Morgan fingerprint density at radius 1 is 1.47 bits per heavy atom. The smallest absolute Gasteiger partial charge is 0.127 e. The summed E-state index contributed by atoms with van der Waals surface area (Å²) in [5.41, 5.74) is 2.12. The summed E-state index contributed by atoms with van der Waals surface area (Å²) in [6, 6.07) is 2.25. The lowest BCUT2D eigenvalue weighted by atomic mass is 10.1. The van der Waals surface area contributed by atoms with E-state index in [9.17, 15) is 5.26 Å². The third-order valence-corrected chi connectivity index (χ3v) is 3.43. The highest BCUT2D eigenvalue weighted by atomic mass is 15.3. The van der Waals surface area contributed by atoms with E-state index >= 15 is 0 Å². The molecule has 1 atom stereocenters. The highest BCUT2D eigenvalue weighted by Crippen LogP contribution is 2.23. The van der Waals surface area contributed by atoms with Crippen LogP contribution < -0.4 is 5.32 Å². The first kappa shape index (κ1) is 12.1. The van der Waals surface area contributed by atoms with E-state index < -0.39 is 0 Å². The first-order valence-corrected chi connectivity index (χ1v) is 6.07. The van der Waals surface area contributed by atoms with Crippen molar-refractivity contribution in [1.82, 2.24) is 20.0 Å². The Hall–Kier alpha value is -1.38. The van der Waals surface area contributed by atoms with E-state index in [0.717, 1.165) is 43.9 Å². The van der Waals surface area contributed by atoms with Crippen LogP contribution in [0.3, 0.4) is 0 Å². The van der Waals surface area contributed by atoms with Crippen molar-refractivity contribution in [2.24, 2.45) is 7.05 Å². The van der Waals surface area contributed by atoms with Crippen molar-refractivity contribution in [3.63, 3.8) is 0 Å². The number of rotatable bonds is 2. The molecule has 1 N–H and O–H groups in total. The average molecular weight is 233 g/mol. The summed E-state index contributed by atoms with van der Waals surface area (Å²) in [4.78, 5) is 2.24. The van der Waals surface area contributed by atoms with Crippen LogP contribution in [-0.4, -0.2) is 40.9 Å². The monoisotopic (exact) mass is 233 g/mol. The van der Waals surface area contributed by atoms with Crippen molar-refractivity contribution in [1.29, 1.82) is 5.26 Å². The van der Waals surface area contributed by atoms with Crippen molar-refractivity contribution in [3.8, 4) is 6.07 Å². The number of nitrogens with one attached hydrogen (secondary N) is 1. The lowest BCUT2D eigenvalue weighted by Crippen LogP contribution is -2.31. The van der Waals surface area contributed by atoms with Gasteiger partial charge in [0.25, 0.3) is 0 Å². The number of aryl methyl sites for hydroxylation is 1. The molecule has 0 amide bonds. The van der Waals surface area contributed by atoms with Gasteiger partial charge in [-0.3, -0.25) is 9.58 Å². The number of aromatic nitrogens is 2. The molecule has 17 heavy (non-hydrogen) atoms. The van der Waals surface area contributed by atoms with E-state index in [-0.39, 0.29) is 6.04 Å². The van der Waals surface area contributed by atoms with Crippen LogP contribution >= 0.6 is 0 Å². The number of hydrogen-bond acceptors (Lipinski definition) is 4. The first-order valence-electron chi connectivity index (χ1n) is 6.07. The van der Waals surface area contributed by atoms with Crippen LogP contribution in [0.2, 0.25) is 0 Å². The van der Waals surface area contributed by atoms with E-state index in [1.165, 1.54) is 0 Å². The van der Waals surface area contributed by atoms with Gasteiger partial charge in [0.15, 0.2) is 0 Å². The molecule has 1 aliphatic heterocycles. The molecule has 1 aliphatic rings. The molecule has 5 heteroatoms. The van der Waals surface area contributed by atoms with Crippen LogP contribution in [-0.2, 0) is 7.05 Å². The molecule has 1 saturated heterocycles. The largest absolute Gasteiger partial charge is 0.315 e. The molecule has 0 aromatic carbocycles. The molecule has 1 unspecified atom stereocenters. The summed E-state index contributed by atoms with van der Waals surface area (Å²) < 4.78 is 1.83. The van der Waals surface area contributed by atoms with Gasteiger partial charge in [-0.15, -0.1) is 0 Å². The maximum atomic E-state index is 9.41. The van der Waals surface area contributed by atoms with Gasteiger partial charge in [-0.2, -0.15) is 10.4 Å². The van der Waals surface area contributed by atoms with Gasteiger partial charge in [0.2, 0.25) is 0 Å². The van der Waals surface area contributed by atoms with Gasteiger partial charge in [0.1, 0.15) is 6.04 Å². The van der Waals surface area contributed by atoms with E-state index in [1.807, 2.05) is 24.9 Å². The number of hydrogen-bond donors (Lipinski definition) is 1. The van der Waals surface area contributed by atoms with Crippen LogP contribution in [0.15, 0.2) is 6.20 Å². The minimum absolute atomic E-state index is 0.163. The summed E-state index contributed by atoms with van der Waals surface area (Å²) >= 11 is 0. The average Bonchev–Trinajstić information content (AvgIpc) is 2.59. The Kier molecular flexibility index (Phi) is 3.77. The topological polar surface area (TPSA) is 56.9 Å². The fourth-order valence-corrected chi connectivity index (χ4v) is 2.26. The zero-order valence-electron chi connectivity index (χ0n) is 10.5. The minimum atomic E-state index is -0.163. The van der Waals surface area contributed by atoms with Gasteiger partial charge in [0.05, 0.1) is 12.3 Å². The fourth-order valence-electron chi connectivity index (χ4n) is 2.26. The van der Waals surface area contributed by atoms with Crippen LogP contribution in [0.4, 0.5) is 0 Å². The SMILES string of the molecule is Cc1c(C(C#N)N2CCCNCC2)cnn1C. The molecule has 0 spiro atoms.